The van der Waals surface area contributed by atoms with Gasteiger partial charge in [-0.2, -0.15) is 0 Å². The average molecular weight is 406 g/mol. The number of benzene rings is 2. The molecule has 6 heteroatoms. The molecule has 6 nitrogen and oxygen atoms in total. The molecule has 2 aromatic rings. The third kappa shape index (κ3) is 6.24. The minimum Gasteiger partial charge on any atom is -0.493 e. The van der Waals surface area contributed by atoms with E-state index in [0.717, 1.165) is 48.8 Å². The minimum atomic E-state index is -2.49. The molecule has 0 saturated carbocycles. The average Bonchev–Trinajstić information content (AvgIpc) is 2.78. The standard InChI is InChI=1S/C12H16O3.C11H13NO2/c1-14-11-7-6-10(5-3-4-8-13)9-12(11)15-2;1-13-10-5-8-3-4-12-7-9(8)6-11(10)14-2/h6-9H,3-5H2,1-2H3;5-7H,3-4H2,1-2H3/i1D3;2D3. The van der Waals surface area contributed by atoms with E-state index in [1.165, 1.54) is 14.2 Å². The summed E-state index contributed by atoms with van der Waals surface area (Å²) in [4.78, 5) is 14.4. The molecule has 0 atom stereocenters. The zero-order valence-electron chi connectivity index (χ0n) is 22.6. The SMILES string of the molecule is [2H]C([2H])([2H])Oc1cc2c(cc1OC)CCN=C2.[2H]C([2H])([2H])Oc1ccc(CCCC=O)cc1OC. The summed E-state index contributed by atoms with van der Waals surface area (Å²) in [5.41, 5.74) is 2.96. The maximum absolute atomic E-state index is 10.2. The Hall–Kier alpha value is -3.02. The molecule has 0 amide bonds. The largest absolute Gasteiger partial charge is 0.493 e. The Morgan fingerprint density at radius 1 is 1.00 bits per heavy atom. The van der Waals surface area contributed by atoms with Gasteiger partial charge in [0.15, 0.2) is 23.0 Å². The molecule has 0 radical (unpaired) electrons. The summed E-state index contributed by atoms with van der Waals surface area (Å²) in [6.07, 6.45) is 5.44. The molecule has 3 rings (SSSR count). The molecule has 0 aromatic heterocycles. The molecule has 0 N–H and O–H groups in total. The van der Waals surface area contributed by atoms with Crippen molar-refractivity contribution in [3.63, 3.8) is 0 Å². The maximum Gasteiger partial charge on any atom is 0.161 e. The number of ether oxygens (including phenoxy) is 4. The smallest absolute Gasteiger partial charge is 0.161 e. The summed E-state index contributed by atoms with van der Waals surface area (Å²) in [5.74, 6) is 1.24. The van der Waals surface area contributed by atoms with Crippen molar-refractivity contribution in [2.24, 2.45) is 4.99 Å². The quantitative estimate of drug-likeness (QED) is 0.492. The lowest BCUT2D eigenvalue weighted by molar-refractivity contribution is -0.107. The Balaban J connectivity index is 0.000000247. The number of hydrogen-bond acceptors (Lipinski definition) is 6. The first-order chi connectivity index (χ1) is 16.5. The molecule has 1 aliphatic heterocycles. The second-order valence-corrected chi connectivity index (χ2v) is 6.24. The first kappa shape index (κ1) is 14.9. The summed E-state index contributed by atoms with van der Waals surface area (Å²) in [6.45, 7) is 0.746. The van der Waals surface area contributed by atoms with E-state index in [-0.39, 0.29) is 11.5 Å². The van der Waals surface area contributed by atoms with Crippen LogP contribution in [0.25, 0.3) is 0 Å². The van der Waals surface area contributed by atoms with Crippen molar-refractivity contribution in [2.45, 2.75) is 25.7 Å². The third-order valence-electron chi connectivity index (χ3n) is 4.40. The molecular weight excluding hydrogens is 370 g/mol. The fourth-order valence-corrected chi connectivity index (χ4v) is 2.88. The van der Waals surface area contributed by atoms with E-state index in [0.29, 0.717) is 17.9 Å². The number of carbonyl (C=O) groups excluding carboxylic acids is 1. The number of aryl methyl sites for hydroxylation is 1. The second-order valence-electron chi connectivity index (χ2n) is 6.24. The van der Waals surface area contributed by atoms with Crippen LogP contribution in [0.4, 0.5) is 0 Å². The number of methoxy groups -OCH3 is 4. The summed E-state index contributed by atoms with van der Waals surface area (Å²) >= 11 is 0. The highest BCUT2D eigenvalue weighted by atomic mass is 16.5. The van der Waals surface area contributed by atoms with E-state index in [1.807, 2.05) is 6.07 Å². The highest BCUT2D eigenvalue weighted by Gasteiger charge is 2.11. The molecule has 156 valence electrons. The van der Waals surface area contributed by atoms with E-state index >= 15 is 0 Å². The van der Waals surface area contributed by atoms with Gasteiger partial charge in [-0.25, -0.2) is 0 Å². The van der Waals surface area contributed by atoms with Crippen molar-refractivity contribution in [2.75, 3.05) is 34.8 Å². The van der Waals surface area contributed by atoms with Gasteiger partial charge in [0.05, 0.1) is 36.5 Å². The van der Waals surface area contributed by atoms with Crippen LogP contribution in [0.15, 0.2) is 35.3 Å². The van der Waals surface area contributed by atoms with Crippen molar-refractivity contribution in [3.05, 3.63) is 47.0 Å². The van der Waals surface area contributed by atoms with Crippen LogP contribution in [0.5, 0.6) is 23.0 Å². The molecule has 0 bridgehead atoms. The minimum absolute atomic E-state index is 0.191. The molecule has 1 aliphatic rings. The fourth-order valence-electron chi connectivity index (χ4n) is 2.88. The zero-order valence-corrected chi connectivity index (χ0v) is 16.6. The van der Waals surface area contributed by atoms with Crippen molar-refractivity contribution in [3.8, 4) is 23.0 Å². The van der Waals surface area contributed by atoms with Gasteiger partial charge >= 0.3 is 0 Å². The van der Waals surface area contributed by atoms with Crippen molar-refractivity contribution >= 4 is 12.5 Å². The molecule has 0 saturated heterocycles. The number of carbonyl (C=O) groups is 1. The van der Waals surface area contributed by atoms with E-state index < -0.39 is 14.1 Å². The summed E-state index contributed by atoms with van der Waals surface area (Å²) in [7, 11) is -2.03. The van der Waals surface area contributed by atoms with Crippen LogP contribution in [0.1, 0.15) is 37.8 Å². The summed E-state index contributed by atoms with van der Waals surface area (Å²) in [6, 6.07) is 8.53. The van der Waals surface area contributed by atoms with Crippen molar-refractivity contribution in [1.29, 1.82) is 0 Å². The first-order valence-electron chi connectivity index (χ1n) is 12.1. The van der Waals surface area contributed by atoms with Gasteiger partial charge in [-0.15, -0.1) is 0 Å². The van der Waals surface area contributed by atoms with Crippen LogP contribution >= 0.6 is 0 Å². The lowest BCUT2D eigenvalue weighted by Gasteiger charge is -2.14. The van der Waals surface area contributed by atoms with E-state index in [9.17, 15) is 4.79 Å². The third-order valence-corrected chi connectivity index (χ3v) is 4.40. The molecule has 0 aliphatic carbocycles. The lowest BCUT2D eigenvalue weighted by Crippen LogP contribution is -2.04. The molecule has 1 heterocycles. The van der Waals surface area contributed by atoms with E-state index in [4.69, 9.17) is 27.2 Å². The Kier molecular flexibility index (Phi) is 6.03. The zero-order chi connectivity index (χ0) is 26.1. The van der Waals surface area contributed by atoms with Gasteiger partial charge < -0.3 is 23.7 Å². The van der Waals surface area contributed by atoms with Gasteiger partial charge in [-0.3, -0.25) is 4.99 Å². The Morgan fingerprint density at radius 3 is 2.45 bits per heavy atom. The molecule has 0 fully saturated rings. The first-order valence-corrected chi connectivity index (χ1v) is 9.15. The van der Waals surface area contributed by atoms with Gasteiger partial charge in [-0.05, 0) is 60.2 Å². The molecule has 2 aromatic carbocycles. The van der Waals surface area contributed by atoms with Gasteiger partial charge in [0.2, 0.25) is 0 Å². The van der Waals surface area contributed by atoms with Crippen LogP contribution in [-0.4, -0.2) is 47.3 Å². The fraction of sp³-hybridized carbons (Fsp3) is 0.391. The number of hydrogen-bond donors (Lipinski definition) is 0. The highest BCUT2D eigenvalue weighted by molar-refractivity contribution is 5.84. The number of fused-ring (bicyclic) bond motifs is 1. The Morgan fingerprint density at radius 2 is 1.72 bits per heavy atom. The Labute approximate surface area is 180 Å². The predicted octanol–water partition coefficient (Wildman–Crippen LogP) is 3.90. The van der Waals surface area contributed by atoms with Crippen LogP contribution < -0.4 is 18.9 Å². The van der Waals surface area contributed by atoms with E-state index in [2.05, 4.69) is 4.99 Å². The summed E-state index contributed by atoms with van der Waals surface area (Å²) < 4.78 is 62.4. The number of aliphatic imine (C=N–C) groups is 1. The van der Waals surface area contributed by atoms with Crippen LogP contribution in [0, 0.1) is 0 Å². The van der Waals surface area contributed by atoms with Crippen LogP contribution in [-0.2, 0) is 17.6 Å². The van der Waals surface area contributed by atoms with Crippen LogP contribution in [0.2, 0.25) is 0 Å². The normalized spacial score (nSPS) is 15.5. The van der Waals surface area contributed by atoms with Gasteiger partial charge in [0.1, 0.15) is 6.29 Å². The monoisotopic (exact) mass is 405 g/mol. The molecule has 0 spiro atoms. The number of aldehydes is 1. The lowest BCUT2D eigenvalue weighted by atomic mass is 10.0. The maximum atomic E-state index is 10.2. The van der Waals surface area contributed by atoms with Gasteiger partial charge in [-0.1, -0.05) is 6.07 Å². The number of rotatable bonds is 8. The Bertz CT molecular complexity index is 1020. The predicted molar refractivity (Wildman–Crippen MR) is 114 cm³/mol. The molecule has 29 heavy (non-hydrogen) atoms. The van der Waals surface area contributed by atoms with Crippen LogP contribution in [0.3, 0.4) is 0 Å². The molecule has 0 unspecified atom stereocenters. The van der Waals surface area contributed by atoms with Crippen molar-refractivity contribution < 1.29 is 32.0 Å². The number of unbranched alkanes of at least 4 members (excludes halogenated alkanes) is 1. The van der Waals surface area contributed by atoms with E-state index in [1.54, 1.807) is 30.5 Å². The highest BCUT2D eigenvalue weighted by Crippen LogP contribution is 2.31. The summed E-state index contributed by atoms with van der Waals surface area (Å²) in [5, 5.41) is 0. The van der Waals surface area contributed by atoms with Gasteiger partial charge in [0.25, 0.3) is 0 Å². The second kappa shape index (κ2) is 11.7. The topological polar surface area (TPSA) is 66.3 Å². The molecular formula is C23H29NO5. The van der Waals surface area contributed by atoms with Crippen molar-refractivity contribution in [1.82, 2.24) is 0 Å². The van der Waals surface area contributed by atoms with Gasteiger partial charge in [0, 0.05) is 19.2 Å². The number of nitrogens with zero attached hydrogens (tertiary/aromatic N) is 1.